The third-order valence-corrected chi connectivity index (χ3v) is 3.43. The van der Waals surface area contributed by atoms with Crippen LogP contribution in [-0.2, 0) is 14.3 Å². The van der Waals surface area contributed by atoms with Crippen LogP contribution in [0, 0.1) is 12.8 Å². The summed E-state index contributed by atoms with van der Waals surface area (Å²) >= 11 is 0. The van der Waals surface area contributed by atoms with Gasteiger partial charge in [-0.3, -0.25) is 14.4 Å². The van der Waals surface area contributed by atoms with Gasteiger partial charge in [0, 0.05) is 11.6 Å². The van der Waals surface area contributed by atoms with Crippen LogP contribution in [0.25, 0.3) is 0 Å². The standard InChI is InChI=1S/C17H24N2O4/c1-11(2)13(4)19-15(20)10-23-16(21)9-18-17(22)14-7-5-6-12(3)8-14/h5-8,11,13H,9-10H2,1-4H3,(H,18,22)(H,19,20)/t13-/m0/s1. The molecular weight excluding hydrogens is 296 g/mol. The molecule has 6 heteroatoms. The zero-order chi connectivity index (χ0) is 17.4. The zero-order valence-electron chi connectivity index (χ0n) is 14.0. The Morgan fingerprint density at radius 1 is 1.17 bits per heavy atom. The number of carbonyl (C=O) groups excluding carboxylic acids is 3. The van der Waals surface area contributed by atoms with Gasteiger partial charge in [-0.05, 0) is 31.9 Å². The third kappa shape index (κ3) is 6.95. The molecule has 0 aliphatic heterocycles. The van der Waals surface area contributed by atoms with Crippen molar-refractivity contribution in [1.29, 1.82) is 0 Å². The highest BCUT2D eigenvalue weighted by molar-refractivity contribution is 5.96. The number of aryl methyl sites for hydroxylation is 1. The summed E-state index contributed by atoms with van der Waals surface area (Å²) in [7, 11) is 0. The summed E-state index contributed by atoms with van der Waals surface area (Å²) in [6, 6.07) is 7.03. The highest BCUT2D eigenvalue weighted by Crippen LogP contribution is 2.03. The van der Waals surface area contributed by atoms with Gasteiger partial charge in [-0.1, -0.05) is 31.5 Å². The molecule has 0 aliphatic carbocycles. The number of esters is 1. The maximum atomic E-state index is 11.9. The molecule has 6 nitrogen and oxygen atoms in total. The molecule has 0 bridgehead atoms. The molecule has 23 heavy (non-hydrogen) atoms. The quantitative estimate of drug-likeness (QED) is 0.744. The summed E-state index contributed by atoms with van der Waals surface area (Å²) in [6.45, 7) is 7.10. The smallest absolute Gasteiger partial charge is 0.325 e. The maximum Gasteiger partial charge on any atom is 0.325 e. The Morgan fingerprint density at radius 3 is 2.48 bits per heavy atom. The van der Waals surface area contributed by atoms with Gasteiger partial charge in [0.15, 0.2) is 6.61 Å². The van der Waals surface area contributed by atoms with Crippen molar-refractivity contribution >= 4 is 17.8 Å². The second-order valence-electron chi connectivity index (χ2n) is 5.81. The molecule has 0 spiro atoms. The van der Waals surface area contributed by atoms with E-state index in [1.165, 1.54) is 0 Å². The van der Waals surface area contributed by atoms with E-state index in [1.807, 2.05) is 33.8 Å². The molecule has 126 valence electrons. The zero-order valence-corrected chi connectivity index (χ0v) is 14.0. The van der Waals surface area contributed by atoms with Crippen molar-refractivity contribution in [1.82, 2.24) is 10.6 Å². The lowest BCUT2D eigenvalue weighted by atomic mass is 10.1. The minimum Gasteiger partial charge on any atom is -0.454 e. The Morgan fingerprint density at radius 2 is 1.87 bits per heavy atom. The van der Waals surface area contributed by atoms with Gasteiger partial charge in [0.05, 0.1) is 0 Å². The van der Waals surface area contributed by atoms with Crippen LogP contribution in [0.15, 0.2) is 24.3 Å². The number of carbonyl (C=O) groups is 3. The molecule has 2 amide bonds. The summed E-state index contributed by atoms with van der Waals surface area (Å²) in [5.41, 5.74) is 1.43. The molecule has 0 radical (unpaired) electrons. The Labute approximate surface area is 136 Å². The molecule has 1 aromatic rings. The Bertz CT molecular complexity index is 569. The summed E-state index contributed by atoms with van der Waals surface area (Å²) in [4.78, 5) is 35.0. The van der Waals surface area contributed by atoms with Gasteiger partial charge < -0.3 is 15.4 Å². The van der Waals surface area contributed by atoms with E-state index in [9.17, 15) is 14.4 Å². The number of rotatable bonds is 7. The minimum absolute atomic E-state index is 0.00206. The monoisotopic (exact) mass is 320 g/mol. The first-order chi connectivity index (χ1) is 10.8. The van der Waals surface area contributed by atoms with Crippen LogP contribution in [0.5, 0.6) is 0 Å². The largest absolute Gasteiger partial charge is 0.454 e. The van der Waals surface area contributed by atoms with E-state index in [4.69, 9.17) is 4.74 Å². The van der Waals surface area contributed by atoms with E-state index in [2.05, 4.69) is 10.6 Å². The molecule has 1 aromatic carbocycles. The number of nitrogens with one attached hydrogen (secondary N) is 2. The fourth-order valence-corrected chi connectivity index (χ4v) is 1.70. The number of amides is 2. The number of hydrogen-bond acceptors (Lipinski definition) is 4. The third-order valence-electron chi connectivity index (χ3n) is 3.43. The van der Waals surface area contributed by atoms with E-state index >= 15 is 0 Å². The molecular formula is C17H24N2O4. The molecule has 0 saturated carbocycles. The van der Waals surface area contributed by atoms with E-state index in [0.29, 0.717) is 11.5 Å². The lowest BCUT2D eigenvalue weighted by Crippen LogP contribution is -2.39. The Kier molecular flexibility index (Phi) is 7.25. The van der Waals surface area contributed by atoms with Gasteiger partial charge in [0.25, 0.3) is 11.8 Å². The van der Waals surface area contributed by atoms with Crippen molar-refractivity contribution in [2.24, 2.45) is 5.92 Å². The molecule has 0 heterocycles. The van der Waals surface area contributed by atoms with Crippen LogP contribution in [0.3, 0.4) is 0 Å². The molecule has 1 rings (SSSR count). The predicted molar refractivity (Wildman–Crippen MR) is 86.9 cm³/mol. The normalized spacial score (nSPS) is 11.7. The lowest BCUT2D eigenvalue weighted by molar-refractivity contribution is -0.147. The molecule has 0 aromatic heterocycles. The topological polar surface area (TPSA) is 84.5 Å². The van der Waals surface area contributed by atoms with Crippen LogP contribution >= 0.6 is 0 Å². The number of ether oxygens (including phenoxy) is 1. The molecule has 1 atom stereocenters. The average Bonchev–Trinajstić information content (AvgIpc) is 2.50. The molecule has 2 N–H and O–H groups in total. The predicted octanol–water partition coefficient (Wildman–Crippen LogP) is 1.43. The summed E-state index contributed by atoms with van der Waals surface area (Å²) in [5, 5.41) is 5.19. The highest BCUT2D eigenvalue weighted by atomic mass is 16.5. The molecule has 0 unspecified atom stereocenters. The SMILES string of the molecule is Cc1cccc(C(=O)NCC(=O)OCC(=O)N[C@@H](C)C(C)C)c1. The van der Waals surface area contributed by atoms with Crippen LogP contribution in [-0.4, -0.2) is 37.0 Å². The second-order valence-corrected chi connectivity index (χ2v) is 5.81. The van der Waals surface area contributed by atoms with Crippen LogP contribution < -0.4 is 10.6 Å². The second kappa shape index (κ2) is 8.92. The average molecular weight is 320 g/mol. The van der Waals surface area contributed by atoms with Gasteiger partial charge in [-0.15, -0.1) is 0 Å². The Balaban J connectivity index is 2.32. The molecule has 0 aliphatic rings. The fourth-order valence-electron chi connectivity index (χ4n) is 1.70. The van der Waals surface area contributed by atoms with E-state index in [-0.39, 0.29) is 31.0 Å². The summed E-state index contributed by atoms with van der Waals surface area (Å²) in [5.74, 6) is -1.07. The van der Waals surface area contributed by atoms with Gasteiger partial charge in [-0.25, -0.2) is 0 Å². The molecule has 0 saturated heterocycles. The van der Waals surface area contributed by atoms with Crippen LogP contribution in [0.4, 0.5) is 0 Å². The van der Waals surface area contributed by atoms with Crippen molar-refractivity contribution in [2.45, 2.75) is 33.7 Å². The highest BCUT2D eigenvalue weighted by Gasteiger charge is 2.13. The van der Waals surface area contributed by atoms with Crippen molar-refractivity contribution in [3.8, 4) is 0 Å². The van der Waals surface area contributed by atoms with Crippen LogP contribution in [0.2, 0.25) is 0 Å². The Hall–Kier alpha value is -2.37. The fraction of sp³-hybridized carbons (Fsp3) is 0.471. The van der Waals surface area contributed by atoms with Gasteiger partial charge in [0.2, 0.25) is 0 Å². The van der Waals surface area contributed by atoms with Crippen molar-refractivity contribution in [3.63, 3.8) is 0 Å². The minimum atomic E-state index is -0.654. The number of hydrogen-bond donors (Lipinski definition) is 2. The van der Waals surface area contributed by atoms with E-state index < -0.39 is 5.97 Å². The van der Waals surface area contributed by atoms with Gasteiger partial charge in [-0.2, -0.15) is 0 Å². The number of benzene rings is 1. The first-order valence-corrected chi connectivity index (χ1v) is 7.59. The van der Waals surface area contributed by atoms with Gasteiger partial charge >= 0.3 is 5.97 Å². The molecule has 0 fully saturated rings. The van der Waals surface area contributed by atoms with Crippen LogP contribution in [0.1, 0.15) is 36.7 Å². The first kappa shape index (κ1) is 18.7. The lowest BCUT2D eigenvalue weighted by Gasteiger charge is -2.17. The van der Waals surface area contributed by atoms with Gasteiger partial charge in [0.1, 0.15) is 6.54 Å². The maximum absolute atomic E-state index is 11.9. The summed E-state index contributed by atoms with van der Waals surface area (Å²) in [6.07, 6.45) is 0. The first-order valence-electron chi connectivity index (χ1n) is 7.59. The van der Waals surface area contributed by atoms with Crippen molar-refractivity contribution in [3.05, 3.63) is 35.4 Å². The van der Waals surface area contributed by atoms with Crippen molar-refractivity contribution in [2.75, 3.05) is 13.2 Å². The van der Waals surface area contributed by atoms with Crippen molar-refractivity contribution < 1.29 is 19.1 Å². The van der Waals surface area contributed by atoms with E-state index in [1.54, 1.807) is 18.2 Å². The summed E-state index contributed by atoms with van der Waals surface area (Å²) < 4.78 is 4.83. The van der Waals surface area contributed by atoms with E-state index in [0.717, 1.165) is 5.56 Å².